The molecule has 1 aromatic heterocycles. The Morgan fingerprint density at radius 2 is 2.00 bits per heavy atom. The van der Waals surface area contributed by atoms with Gasteiger partial charge in [0.05, 0.1) is 6.04 Å². The summed E-state index contributed by atoms with van der Waals surface area (Å²) in [5.41, 5.74) is 2.63. The summed E-state index contributed by atoms with van der Waals surface area (Å²) >= 11 is 5.84. The number of benzene rings is 1. The number of likely N-dealkylation sites (N-methyl/N-ethyl adjacent to an activating group) is 1. The van der Waals surface area contributed by atoms with E-state index < -0.39 is 0 Å². The fourth-order valence-electron chi connectivity index (χ4n) is 2.09. The lowest BCUT2D eigenvalue weighted by Crippen LogP contribution is -2.22. The molecular weight excluding hydrogens is 246 g/mol. The number of halogens is 1. The predicted octanol–water partition coefficient (Wildman–Crippen LogP) is 4.13. The number of aryl methyl sites for hydroxylation is 1. The fourth-order valence-corrected chi connectivity index (χ4v) is 2.25. The van der Waals surface area contributed by atoms with Crippen LogP contribution in [0.15, 0.2) is 40.8 Å². The van der Waals surface area contributed by atoms with Gasteiger partial charge in [0, 0.05) is 0 Å². The largest absolute Gasteiger partial charge is 0.448 e. The van der Waals surface area contributed by atoms with Crippen molar-refractivity contribution in [3.8, 4) is 0 Å². The van der Waals surface area contributed by atoms with Gasteiger partial charge in [0.25, 0.3) is 0 Å². The predicted molar refractivity (Wildman–Crippen MR) is 75.0 cm³/mol. The van der Waals surface area contributed by atoms with Crippen LogP contribution in [0.2, 0.25) is 5.22 Å². The molecule has 1 unspecified atom stereocenters. The third-order valence-electron chi connectivity index (χ3n) is 3.07. The Balaban J connectivity index is 2.19. The van der Waals surface area contributed by atoms with Crippen molar-refractivity contribution in [2.45, 2.75) is 26.3 Å². The van der Waals surface area contributed by atoms with Gasteiger partial charge in [-0.2, -0.15) is 0 Å². The van der Waals surface area contributed by atoms with Crippen LogP contribution in [0.25, 0.3) is 0 Å². The summed E-state index contributed by atoms with van der Waals surface area (Å²) in [5, 5.41) is 3.88. The molecule has 0 fully saturated rings. The van der Waals surface area contributed by atoms with Crippen molar-refractivity contribution >= 4 is 11.6 Å². The van der Waals surface area contributed by atoms with E-state index in [0.717, 1.165) is 18.7 Å². The first-order chi connectivity index (χ1) is 8.70. The molecule has 0 amide bonds. The van der Waals surface area contributed by atoms with Crippen LogP contribution in [0, 0.1) is 6.92 Å². The summed E-state index contributed by atoms with van der Waals surface area (Å²) in [6.07, 6.45) is 0.907. The summed E-state index contributed by atoms with van der Waals surface area (Å²) in [4.78, 5) is 0. The van der Waals surface area contributed by atoms with Gasteiger partial charge in [0.15, 0.2) is 5.22 Å². The summed E-state index contributed by atoms with van der Waals surface area (Å²) in [7, 11) is 0. The zero-order valence-electron chi connectivity index (χ0n) is 10.7. The Kier molecular flexibility index (Phi) is 4.45. The highest BCUT2D eigenvalue weighted by molar-refractivity contribution is 6.28. The molecule has 0 saturated heterocycles. The maximum Gasteiger partial charge on any atom is 0.193 e. The molecule has 0 aliphatic rings. The van der Waals surface area contributed by atoms with Crippen LogP contribution in [0.5, 0.6) is 0 Å². The number of furan rings is 1. The molecule has 0 spiro atoms. The van der Waals surface area contributed by atoms with E-state index in [2.05, 4.69) is 43.4 Å². The highest BCUT2D eigenvalue weighted by Crippen LogP contribution is 2.24. The van der Waals surface area contributed by atoms with Crippen LogP contribution in [0.1, 0.15) is 29.9 Å². The molecule has 1 atom stereocenters. The number of nitrogens with one attached hydrogen (secondary N) is 1. The van der Waals surface area contributed by atoms with E-state index in [1.807, 2.05) is 6.07 Å². The summed E-state index contributed by atoms with van der Waals surface area (Å²) in [5.74, 6) is 0.894. The molecule has 0 bridgehead atoms. The van der Waals surface area contributed by atoms with Crippen molar-refractivity contribution < 1.29 is 4.42 Å². The minimum atomic E-state index is 0.170. The molecule has 1 heterocycles. The van der Waals surface area contributed by atoms with Crippen molar-refractivity contribution in [3.05, 3.63) is 58.5 Å². The van der Waals surface area contributed by atoms with Crippen molar-refractivity contribution in [2.75, 3.05) is 6.54 Å². The smallest absolute Gasteiger partial charge is 0.193 e. The molecule has 2 aromatic rings. The first-order valence-electron chi connectivity index (χ1n) is 6.24. The Morgan fingerprint density at radius 1 is 1.22 bits per heavy atom. The van der Waals surface area contributed by atoms with E-state index in [1.165, 1.54) is 11.1 Å². The second-order valence-corrected chi connectivity index (χ2v) is 4.76. The quantitative estimate of drug-likeness (QED) is 0.877. The normalized spacial score (nSPS) is 12.6. The number of hydrogen-bond donors (Lipinski definition) is 1. The SMILES string of the molecule is CCNC(Cc1ccccc1C)c1ccc(Cl)o1. The van der Waals surface area contributed by atoms with Gasteiger partial charge < -0.3 is 9.73 Å². The Hall–Kier alpha value is -1.25. The Labute approximate surface area is 113 Å². The maximum atomic E-state index is 5.84. The standard InChI is InChI=1S/C15H18ClNO/c1-3-17-13(14-8-9-15(16)18-14)10-12-7-5-4-6-11(12)2/h4-9,13,17H,3,10H2,1-2H3. The highest BCUT2D eigenvalue weighted by atomic mass is 35.5. The monoisotopic (exact) mass is 263 g/mol. The second-order valence-electron chi connectivity index (χ2n) is 4.38. The average molecular weight is 264 g/mol. The van der Waals surface area contributed by atoms with Gasteiger partial charge in [-0.3, -0.25) is 0 Å². The van der Waals surface area contributed by atoms with Crippen LogP contribution in [0.3, 0.4) is 0 Å². The van der Waals surface area contributed by atoms with Crippen molar-refractivity contribution in [1.29, 1.82) is 0 Å². The lowest BCUT2D eigenvalue weighted by Gasteiger charge is -2.16. The lowest BCUT2D eigenvalue weighted by atomic mass is 10.00. The molecule has 1 N–H and O–H groups in total. The van der Waals surface area contributed by atoms with E-state index in [1.54, 1.807) is 6.07 Å². The van der Waals surface area contributed by atoms with E-state index >= 15 is 0 Å². The van der Waals surface area contributed by atoms with Gasteiger partial charge in [-0.1, -0.05) is 31.2 Å². The van der Waals surface area contributed by atoms with Gasteiger partial charge >= 0.3 is 0 Å². The molecule has 0 radical (unpaired) electrons. The third-order valence-corrected chi connectivity index (χ3v) is 3.28. The van der Waals surface area contributed by atoms with Crippen molar-refractivity contribution in [3.63, 3.8) is 0 Å². The van der Waals surface area contributed by atoms with E-state index in [-0.39, 0.29) is 6.04 Å². The summed E-state index contributed by atoms with van der Waals surface area (Å²) < 4.78 is 5.51. The van der Waals surface area contributed by atoms with Crippen molar-refractivity contribution in [2.24, 2.45) is 0 Å². The highest BCUT2D eigenvalue weighted by Gasteiger charge is 2.15. The zero-order chi connectivity index (χ0) is 13.0. The summed E-state index contributed by atoms with van der Waals surface area (Å²) in [6, 6.07) is 12.3. The zero-order valence-corrected chi connectivity index (χ0v) is 11.5. The average Bonchev–Trinajstić information content (AvgIpc) is 2.78. The first kappa shape index (κ1) is 13.2. The second kappa shape index (κ2) is 6.07. The maximum absolute atomic E-state index is 5.84. The van der Waals surface area contributed by atoms with Gasteiger partial charge in [0.2, 0.25) is 0 Å². The molecule has 18 heavy (non-hydrogen) atoms. The van der Waals surface area contributed by atoms with E-state index in [9.17, 15) is 0 Å². The molecule has 3 heteroatoms. The van der Waals surface area contributed by atoms with Crippen LogP contribution in [0.4, 0.5) is 0 Å². The van der Waals surface area contributed by atoms with Crippen LogP contribution >= 0.6 is 11.6 Å². The molecule has 0 aliphatic heterocycles. The van der Waals surface area contributed by atoms with E-state index in [4.69, 9.17) is 16.0 Å². The van der Waals surface area contributed by atoms with Gasteiger partial charge in [-0.25, -0.2) is 0 Å². The lowest BCUT2D eigenvalue weighted by molar-refractivity contribution is 0.417. The van der Waals surface area contributed by atoms with Gasteiger partial charge in [-0.05, 0) is 54.7 Å². The van der Waals surface area contributed by atoms with Crippen LogP contribution < -0.4 is 5.32 Å². The minimum absolute atomic E-state index is 0.170. The number of rotatable bonds is 5. The fraction of sp³-hybridized carbons (Fsp3) is 0.333. The van der Waals surface area contributed by atoms with Gasteiger partial charge in [-0.15, -0.1) is 0 Å². The minimum Gasteiger partial charge on any atom is -0.448 e. The molecule has 2 rings (SSSR count). The molecule has 0 aliphatic carbocycles. The molecule has 0 saturated carbocycles. The molecular formula is C15H18ClNO. The summed E-state index contributed by atoms with van der Waals surface area (Å²) in [6.45, 7) is 5.12. The molecule has 96 valence electrons. The first-order valence-corrected chi connectivity index (χ1v) is 6.61. The van der Waals surface area contributed by atoms with Crippen LogP contribution in [-0.4, -0.2) is 6.54 Å². The Bertz CT molecular complexity index is 507. The van der Waals surface area contributed by atoms with E-state index in [0.29, 0.717) is 5.22 Å². The van der Waals surface area contributed by atoms with Crippen molar-refractivity contribution in [1.82, 2.24) is 5.32 Å². The van der Waals surface area contributed by atoms with Gasteiger partial charge in [0.1, 0.15) is 5.76 Å². The Morgan fingerprint density at radius 3 is 2.61 bits per heavy atom. The number of hydrogen-bond acceptors (Lipinski definition) is 2. The third kappa shape index (κ3) is 3.15. The molecule has 1 aromatic carbocycles. The van der Waals surface area contributed by atoms with Crippen LogP contribution in [-0.2, 0) is 6.42 Å². The molecule has 2 nitrogen and oxygen atoms in total. The topological polar surface area (TPSA) is 25.2 Å².